The van der Waals surface area contributed by atoms with Gasteiger partial charge in [0.25, 0.3) is 0 Å². The number of benzene rings is 1. The summed E-state index contributed by atoms with van der Waals surface area (Å²) >= 11 is 0. The highest BCUT2D eigenvalue weighted by Gasteiger charge is 2.49. The van der Waals surface area contributed by atoms with E-state index in [1.165, 1.54) is 30.3 Å². The van der Waals surface area contributed by atoms with E-state index in [0.29, 0.717) is 5.56 Å². The Labute approximate surface area is 137 Å². The third kappa shape index (κ3) is 4.18. The number of phenolic OH excluding ortho intramolecular Hbond substituents is 1. The van der Waals surface area contributed by atoms with Gasteiger partial charge in [-0.05, 0) is 23.8 Å². The van der Waals surface area contributed by atoms with Crippen LogP contribution in [0.25, 0.3) is 6.08 Å². The Hall–Kier alpha value is -2.26. The number of carbonyl (C=O) groups is 2. The Kier molecular flexibility index (Phi) is 5.35. The number of aliphatic hydroxyl groups is 4. The van der Waals surface area contributed by atoms with Crippen molar-refractivity contribution in [3.63, 3.8) is 0 Å². The quantitative estimate of drug-likeness (QED) is 0.270. The molecule has 0 spiro atoms. The minimum atomic E-state index is -2.26. The van der Waals surface area contributed by atoms with Gasteiger partial charge >= 0.3 is 11.9 Å². The van der Waals surface area contributed by atoms with Crippen molar-refractivity contribution in [2.24, 2.45) is 0 Å². The number of carbonyl (C=O) groups excluding carboxylic acids is 2. The molecule has 0 saturated heterocycles. The Morgan fingerprint density at radius 1 is 1.08 bits per heavy atom. The van der Waals surface area contributed by atoms with Crippen molar-refractivity contribution in [3.8, 4) is 5.75 Å². The minimum Gasteiger partial charge on any atom is -0.508 e. The maximum absolute atomic E-state index is 11.9. The van der Waals surface area contributed by atoms with E-state index in [9.17, 15) is 30.0 Å². The molecule has 1 aromatic carbocycles. The van der Waals surface area contributed by atoms with E-state index in [0.717, 1.165) is 6.08 Å². The molecule has 1 aliphatic rings. The maximum Gasteiger partial charge on any atom is 0.346 e. The highest BCUT2D eigenvalue weighted by Crippen LogP contribution is 2.30. The van der Waals surface area contributed by atoms with E-state index in [-0.39, 0.29) is 5.75 Å². The van der Waals surface area contributed by atoms with Crippen LogP contribution in [-0.4, -0.2) is 61.4 Å². The average molecular weight is 338 g/mol. The zero-order valence-electron chi connectivity index (χ0n) is 12.6. The second-order valence-corrected chi connectivity index (χ2v) is 5.70. The summed E-state index contributed by atoms with van der Waals surface area (Å²) < 4.78 is 4.50. The van der Waals surface area contributed by atoms with E-state index in [4.69, 9.17) is 5.11 Å². The normalized spacial score (nSPS) is 30.2. The van der Waals surface area contributed by atoms with E-state index >= 15 is 0 Å². The van der Waals surface area contributed by atoms with E-state index < -0.39 is 48.7 Å². The van der Waals surface area contributed by atoms with Crippen molar-refractivity contribution < 1.29 is 39.9 Å². The molecule has 0 unspecified atom stereocenters. The molecule has 2 atom stereocenters. The summed E-state index contributed by atoms with van der Waals surface area (Å²) in [4.78, 5) is 23.6. The molecule has 0 bridgehead atoms. The van der Waals surface area contributed by atoms with Crippen molar-refractivity contribution >= 4 is 18.0 Å². The van der Waals surface area contributed by atoms with Crippen LogP contribution < -0.4 is 0 Å². The van der Waals surface area contributed by atoms with Gasteiger partial charge in [-0.1, -0.05) is 12.1 Å². The fraction of sp³-hybridized carbons (Fsp3) is 0.375. The molecule has 0 radical (unpaired) electrons. The molecule has 1 aromatic rings. The molecule has 8 nitrogen and oxygen atoms in total. The highest BCUT2D eigenvalue weighted by atomic mass is 16.6. The Morgan fingerprint density at radius 2 is 1.62 bits per heavy atom. The molecule has 1 aliphatic carbocycles. The Balaban J connectivity index is 1.98. The van der Waals surface area contributed by atoms with Gasteiger partial charge < -0.3 is 30.3 Å². The second-order valence-electron chi connectivity index (χ2n) is 5.70. The van der Waals surface area contributed by atoms with Crippen LogP contribution in [0.5, 0.6) is 5.75 Å². The fourth-order valence-corrected chi connectivity index (χ4v) is 2.41. The summed E-state index contributed by atoms with van der Waals surface area (Å²) in [6.45, 7) is 0. The predicted molar refractivity (Wildman–Crippen MR) is 80.4 cm³/mol. The lowest BCUT2D eigenvalue weighted by Crippen LogP contribution is -2.56. The van der Waals surface area contributed by atoms with Crippen LogP contribution in [0.3, 0.4) is 0 Å². The molecule has 1 fully saturated rings. The first-order valence-corrected chi connectivity index (χ1v) is 7.21. The molecule has 130 valence electrons. The maximum atomic E-state index is 11.9. The lowest BCUT2D eigenvalue weighted by molar-refractivity contribution is -0.193. The van der Waals surface area contributed by atoms with Crippen LogP contribution in [0, 0.1) is 0 Å². The number of hydrogen-bond donors (Lipinski definition) is 5. The molecule has 2 rings (SSSR count). The number of ether oxygens (including phenoxy) is 1. The van der Waals surface area contributed by atoms with Gasteiger partial charge in [0.15, 0.2) is 5.60 Å². The number of phenols is 1. The first-order chi connectivity index (χ1) is 11.2. The Morgan fingerprint density at radius 3 is 2.17 bits per heavy atom. The monoisotopic (exact) mass is 338 g/mol. The Bertz CT molecular complexity index is 624. The van der Waals surface area contributed by atoms with E-state index in [1.54, 1.807) is 0 Å². The summed E-state index contributed by atoms with van der Waals surface area (Å²) in [6.07, 6.45) is -3.34. The van der Waals surface area contributed by atoms with Gasteiger partial charge in [-0.2, -0.15) is 0 Å². The zero-order chi connectivity index (χ0) is 17.9. The van der Waals surface area contributed by atoms with Crippen LogP contribution in [0.15, 0.2) is 30.3 Å². The van der Waals surface area contributed by atoms with Crippen molar-refractivity contribution in [3.05, 3.63) is 35.9 Å². The van der Waals surface area contributed by atoms with Crippen LogP contribution in [-0.2, 0) is 14.3 Å². The van der Waals surface area contributed by atoms with Crippen molar-refractivity contribution in [2.75, 3.05) is 0 Å². The number of aliphatic hydroxyl groups excluding tert-OH is 3. The molecule has 0 heterocycles. The number of aromatic hydroxyl groups is 1. The van der Waals surface area contributed by atoms with Crippen molar-refractivity contribution in [2.45, 2.75) is 36.8 Å². The van der Waals surface area contributed by atoms with Gasteiger partial charge in [0.2, 0.25) is 0 Å². The van der Waals surface area contributed by atoms with Crippen LogP contribution in [0.2, 0.25) is 0 Å². The summed E-state index contributed by atoms with van der Waals surface area (Å²) in [5, 5.41) is 47.8. The molecule has 0 aromatic heterocycles. The smallest absolute Gasteiger partial charge is 0.346 e. The fourth-order valence-electron chi connectivity index (χ4n) is 2.41. The highest BCUT2D eigenvalue weighted by molar-refractivity contribution is 5.97. The van der Waals surface area contributed by atoms with Crippen molar-refractivity contribution in [1.29, 1.82) is 0 Å². The molecule has 8 heteroatoms. The number of hydrogen-bond acceptors (Lipinski definition) is 8. The summed E-state index contributed by atoms with van der Waals surface area (Å²) in [5.74, 6) is -2.30. The molecule has 0 amide bonds. The van der Waals surface area contributed by atoms with Gasteiger partial charge in [0, 0.05) is 18.9 Å². The summed E-state index contributed by atoms with van der Waals surface area (Å²) in [7, 11) is 0. The second kappa shape index (κ2) is 7.10. The lowest BCUT2D eigenvalue weighted by atomic mass is 9.80. The average Bonchev–Trinajstić information content (AvgIpc) is 2.52. The molecular formula is C16H18O8. The number of rotatable bonds is 3. The first kappa shape index (κ1) is 18.1. The van der Waals surface area contributed by atoms with Crippen LogP contribution in [0.1, 0.15) is 18.4 Å². The van der Waals surface area contributed by atoms with Crippen LogP contribution >= 0.6 is 0 Å². The largest absolute Gasteiger partial charge is 0.508 e. The van der Waals surface area contributed by atoms with Gasteiger partial charge in [0.1, 0.15) is 11.9 Å². The molecule has 0 aliphatic heterocycles. The SMILES string of the molecule is O=C(/C=C/c1ccc(O)cc1)OC(=O)C1(O)C[C@@H](O)C(O)[C@H](O)C1. The molecular weight excluding hydrogens is 320 g/mol. The van der Waals surface area contributed by atoms with Gasteiger partial charge in [-0.15, -0.1) is 0 Å². The third-order valence-corrected chi connectivity index (χ3v) is 3.76. The molecule has 1 saturated carbocycles. The molecule has 24 heavy (non-hydrogen) atoms. The van der Waals surface area contributed by atoms with Gasteiger partial charge in [-0.3, -0.25) is 0 Å². The predicted octanol–water partition coefficient (Wildman–Crippen LogP) is -0.917. The number of esters is 2. The lowest BCUT2D eigenvalue weighted by Gasteiger charge is -2.38. The first-order valence-electron chi connectivity index (χ1n) is 7.21. The summed E-state index contributed by atoms with van der Waals surface area (Å²) in [6, 6.07) is 5.89. The summed E-state index contributed by atoms with van der Waals surface area (Å²) in [5.41, 5.74) is -1.69. The topological polar surface area (TPSA) is 145 Å². The van der Waals surface area contributed by atoms with E-state index in [1.807, 2.05) is 0 Å². The van der Waals surface area contributed by atoms with E-state index in [2.05, 4.69) is 4.74 Å². The standard InChI is InChI=1S/C16H18O8/c17-10-4-1-9(2-5-10)3-6-13(20)24-15(22)16(23)7-11(18)14(21)12(19)8-16/h1-6,11-12,14,17-19,21,23H,7-8H2/b6-3+/t11-,12-,14?,16?/m1/s1. The van der Waals surface area contributed by atoms with Gasteiger partial charge in [-0.25, -0.2) is 9.59 Å². The third-order valence-electron chi connectivity index (χ3n) is 3.76. The van der Waals surface area contributed by atoms with Gasteiger partial charge in [0.05, 0.1) is 12.2 Å². The molecule has 5 N–H and O–H groups in total. The zero-order valence-corrected chi connectivity index (χ0v) is 12.6. The van der Waals surface area contributed by atoms with Crippen LogP contribution in [0.4, 0.5) is 0 Å². The minimum absolute atomic E-state index is 0.0590. The van der Waals surface area contributed by atoms with Crippen molar-refractivity contribution in [1.82, 2.24) is 0 Å².